The lowest BCUT2D eigenvalue weighted by atomic mass is 10.1. The maximum atomic E-state index is 11.9. The van der Waals surface area contributed by atoms with Crippen molar-refractivity contribution in [2.75, 3.05) is 4.72 Å². The smallest absolute Gasteiger partial charge is 0.238 e. The number of aromatic amines is 1. The largest absolute Gasteiger partial charge is 0.267 e. The summed E-state index contributed by atoms with van der Waals surface area (Å²) in [5.74, 6) is 0.0416. The molecule has 0 spiro atoms. The fraction of sp³-hybridized carbons (Fsp3) is 0.0909. The number of rotatable bonds is 4. The highest BCUT2D eigenvalue weighted by Gasteiger charge is 2.14. The molecular weight excluding hydrogens is 252 g/mol. The second-order valence-electron chi connectivity index (χ2n) is 3.60. The second kappa shape index (κ2) is 4.89. The Morgan fingerprint density at radius 2 is 2.11 bits per heavy atom. The highest BCUT2D eigenvalue weighted by Crippen LogP contribution is 2.13. The Morgan fingerprint density at radius 3 is 2.78 bits per heavy atom. The third-order valence-corrected chi connectivity index (χ3v) is 3.47. The number of anilines is 1. The Morgan fingerprint density at radius 1 is 1.33 bits per heavy atom. The Labute approximate surface area is 104 Å². The first-order valence-electron chi connectivity index (χ1n) is 5.08. The third kappa shape index (κ3) is 2.87. The van der Waals surface area contributed by atoms with Gasteiger partial charge in [-0.05, 0) is 11.6 Å². The first-order chi connectivity index (χ1) is 8.61. The minimum absolute atomic E-state index is 0.254. The van der Waals surface area contributed by atoms with Crippen molar-refractivity contribution in [2.45, 2.75) is 5.75 Å². The standard InChI is InChI=1S/C11H10N4O2S/c12-7-9-3-1-2-4-10(9)8-18(16,17)15-11-5-6-13-14-11/h1-6H,8H2,(H2,13,14,15). The number of H-pyrrole nitrogens is 1. The molecule has 92 valence electrons. The second-order valence-corrected chi connectivity index (χ2v) is 5.32. The fourth-order valence-electron chi connectivity index (χ4n) is 1.48. The minimum Gasteiger partial charge on any atom is -0.267 e. The molecule has 0 amide bonds. The maximum Gasteiger partial charge on any atom is 0.238 e. The van der Waals surface area contributed by atoms with Gasteiger partial charge in [0.1, 0.15) is 5.82 Å². The summed E-state index contributed by atoms with van der Waals surface area (Å²) in [6.45, 7) is 0. The van der Waals surface area contributed by atoms with Gasteiger partial charge in [-0.1, -0.05) is 18.2 Å². The lowest BCUT2D eigenvalue weighted by molar-refractivity contribution is 0.600. The number of sulfonamides is 1. The monoisotopic (exact) mass is 262 g/mol. The lowest BCUT2D eigenvalue weighted by Gasteiger charge is -2.06. The maximum absolute atomic E-state index is 11.9. The molecule has 0 atom stereocenters. The molecular formula is C11H10N4O2S. The van der Waals surface area contributed by atoms with E-state index in [9.17, 15) is 8.42 Å². The van der Waals surface area contributed by atoms with Crippen LogP contribution >= 0.6 is 0 Å². The number of nitrogens with zero attached hydrogens (tertiary/aromatic N) is 2. The molecule has 2 N–H and O–H groups in total. The van der Waals surface area contributed by atoms with Gasteiger partial charge in [0, 0.05) is 6.07 Å². The molecule has 0 unspecified atom stereocenters. The molecule has 0 saturated heterocycles. The van der Waals surface area contributed by atoms with E-state index in [4.69, 9.17) is 5.26 Å². The van der Waals surface area contributed by atoms with Crippen molar-refractivity contribution >= 4 is 15.8 Å². The zero-order valence-electron chi connectivity index (χ0n) is 9.29. The quantitative estimate of drug-likeness (QED) is 0.865. The topological polar surface area (TPSA) is 98.6 Å². The van der Waals surface area contributed by atoms with Crippen LogP contribution in [0, 0.1) is 11.3 Å². The van der Waals surface area contributed by atoms with E-state index in [1.165, 1.54) is 12.3 Å². The molecule has 0 aliphatic rings. The van der Waals surface area contributed by atoms with E-state index < -0.39 is 10.0 Å². The molecule has 0 bridgehead atoms. The van der Waals surface area contributed by atoms with Gasteiger partial charge in [0.05, 0.1) is 23.6 Å². The molecule has 6 nitrogen and oxygen atoms in total. The first kappa shape index (κ1) is 12.1. The van der Waals surface area contributed by atoms with Crippen LogP contribution in [0.4, 0.5) is 5.82 Å². The molecule has 2 rings (SSSR count). The van der Waals surface area contributed by atoms with Crippen LogP contribution in [0.15, 0.2) is 36.5 Å². The van der Waals surface area contributed by atoms with Crippen molar-refractivity contribution in [1.82, 2.24) is 10.2 Å². The van der Waals surface area contributed by atoms with Crippen LogP contribution in [0.3, 0.4) is 0 Å². The lowest BCUT2D eigenvalue weighted by Crippen LogP contribution is -2.16. The summed E-state index contributed by atoms with van der Waals surface area (Å²) in [7, 11) is -3.56. The predicted octanol–water partition coefficient (Wildman–Crippen LogP) is 1.22. The van der Waals surface area contributed by atoms with E-state index in [0.29, 0.717) is 16.9 Å². The Hall–Kier alpha value is -2.33. The first-order valence-corrected chi connectivity index (χ1v) is 6.74. The van der Waals surface area contributed by atoms with Crippen molar-refractivity contribution in [3.05, 3.63) is 47.7 Å². The van der Waals surface area contributed by atoms with E-state index in [1.807, 2.05) is 6.07 Å². The Bertz CT molecular complexity index is 671. The molecule has 0 fully saturated rings. The fourth-order valence-corrected chi connectivity index (χ4v) is 2.66. The summed E-state index contributed by atoms with van der Waals surface area (Å²) >= 11 is 0. The molecule has 18 heavy (non-hydrogen) atoms. The van der Waals surface area contributed by atoms with Crippen LogP contribution in [-0.4, -0.2) is 18.6 Å². The van der Waals surface area contributed by atoms with Crippen molar-refractivity contribution in [2.24, 2.45) is 0 Å². The number of hydrogen-bond acceptors (Lipinski definition) is 4. The summed E-state index contributed by atoms with van der Waals surface area (Å²) in [5.41, 5.74) is 0.819. The minimum atomic E-state index is -3.56. The van der Waals surface area contributed by atoms with Gasteiger partial charge in [0.15, 0.2) is 0 Å². The highest BCUT2D eigenvalue weighted by molar-refractivity contribution is 7.91. The summed E-state index contributed by atoms with van der Waals surface area (Å²) in [4.78, 5) is 0. The van der Waals surface area contributed by atoms with Crippen LogP contribution < -0.4 is 4.72 Å². The van der Waals surface area contributed by atoms with Gasteiger partial charge < -0.3 is 0 Å². The molecule has 0 aliphatic carbocycles. The Balaban J connectivity index is 2.21. The van der Waals surface area contributed by atoms with Gasteiger partial charge in [-0.25, -0.2) is 8.42 Å². The van der Waals surface area contributed by atoms with Crippen molar-refractivity contribution in [3.63, 3.8) is 0 Å². The van der Waals surface area contributed by atoms with Gasteiger partial charge in [0.2, 0.25) is 10.0 Å². The molecule has 0 saturated carbocycles. The van der Waals surface area contributed by atoms with Crippen LogP contribution in [0.25, 0.3) is 0 Å². The molecule has 2 aromatic rings. The summed E-state index contributed by atoms with van der Waals surface area (Å²) in [6, 6.07) is 10.1. The molecule has 1 aromatic carbocycles. The Kier molecular flexibility index (Phi) is 3.30. The summed E-state index contributed by atoms with van der Waals surface area (Å²) in [5, 5.41) is 15.0. The number of nitriles is 1. The number of aromatic nitrogens is 2. The normalized spacial score (nSPS) is 10.8. The van der Waals surface area contributed by atoms with Gasteiger partial charge in [-0.3, -0.25) is 9.82 Å². The van der Waals surface area contributed by atoms with E-state index in [-0.39, 0.29) is 5.75 Å². The van der Waals surface area contributed by atoms with Crippen molar-refractivity contribution in [1.29, 1.82) is 5.26 Å². The molecule has 0 aliphatic heterocycles. The highest BCUT2D eigenvalue weighted by atomic mass is 32.2. The SMILES string of the molecule is N#Cc1ccccc1CS(=O)(=O)Nc1ccn[nH]1. The molecule has 7 heteroatoms. The predicted molar refractivity (Wildman–Crippen MR) is 66.0 cm³/mol. The van der Waals surface area contributed by atoms with Crippen LogP contribution in [0.1, 0.15) is 11.1 Å². The van der Waals surface area contributed by atoms with Crippen LogP contribution in [0.2, 0.25) is 0 Å². The number of benzene rings is 1. The van der Waals surface area contributed by atoms with Crippen molar-refractivity contribution in [3.8, 4) is 6.07 Å². The molecule has 1 aromatic heterocycles. The summed E-state index contributed by atoms with van der Waals surface area (Å²) < 4.78 is 26.1. The average molecular weight is 262 g/mol. The van der Waals surface area contributed by atoms with E-state index >= 15 is 0 Å². The van der Waals surface area contributed by atoms with Gasteiger partial charge in [-0.15, -0.1) is 0 Å². The van der Waals surface area contributed by atoms with Gasteiger partial charge in [-0.2, -0.15) is 10.4 Å². The van der Waals surface area contributed by atoms with Crippen LogP contribution in [-0.2, 0) is 15.8 Å². The van der Waals surface area contributed by atoms with E-state index in [1.54, 1.807) is 24.3 Å². The molecule has 1 heterocycles. The van der Waals surface area contributed by atoms with Crippen molar-refractivity contribution < 1.29 is 8.42 Å². The average Bonchev–Trinajstić information content (AvgIpc) is 2.81. The van der Waals surface area contributed by atoms with E-state index in [2.05, 4.69) is 14.9 Å². The van der Waals surface area contributed by atoms with E-state index in [0.717, 1.165) is 0 Å². The summed E-state index contributed by atoms with van der Waals surface area (Å²) in [6.07, 6.45) is 1.45. The van der Waals surface area contributed by atoms with Crippen LogP contribution in [0.5, 0.6) is 0 Å². The zero-order valence-corrected chi connectivity index (χ0v) is 10.1. The zero-order chi connectivity index (χ0) is 13.0. The number of hydrogen-bond donors (Lipinski definition) is 2. The third-order valence-electron chi connectivity index (χ3n) is 2.25. The van der Waals surface area contributed by atoms with Gasteiger partial charge in [0.25, 0.3) is 0 Å². The number of nitrogens with one attached hydrogen (secondary N) is 2. The molecule has 0 radical (unpaired) electrons. The van der Waals surface area contributed by atoms with Gasteiger partial charge >= 0.3 is 0 Å².